The third-order valence-electron chi connectivity index (χ3n) is 3.22. The first kappa shape index (κ1) is 14.6. The minimum atomic E-state index is -0.170. The van der Waals surface area contributed by atoms with Crippen LogP contribution >= 0.6 is 15.9 Å². The van der Waals surface area contributed by atoms with Crippen LogP contribution in [-0.4, -0.2) is 32.0 Å². The molecule has 7 heteroatoms. The quantitative estimate of drug-likeness (QED) is 0.710. The van der Waals surface area contributed by atoms with Crippen molar-refractivity contribution in [3.63, 3.8) is 0 Å². The fourth-order valence-electron chi connectivity index (χ4n) is 2.11. The number of fused-ring (bicyclic) bond motifs is 1. The van der Waals surface area contributed by atoms with Crippen LogP contribution in [0.25, 0.3) is 10.9 Å². The molecule has 0 spiro atoms. The average Bonchev–Trinajstić information content (AvgIpc) is 3.05. The van der Waals surface area contributed by atoms with Gasteiger partial charge >= 0.3 is 0 Å². The van der Waals surface area contributed by atoms with Crippen LogP contribution in [0, 0.1) is 0 Å². The van der Waals surface area contributed by atoms with Gasteiger partial charge in [-0.05, 0) is 34.5 Å². The van der Waals surface area contributed by atoms with Crippen molar-refractivity contribution in [2.24, 2.45) is 0 Å². The van der Waals surface area contributed by atoms with Crippen LogP contribution in [0.15, 0.2) is 47.7 Å². The summed E-state index contributed by atoms with van der Waals surface area (Å²) in [6.45, 7) is 1.41. The van der Waals surface area contributed by atoms with Crippen LogP contribution in [0.1, 0.15) is 16.9 Å². The number of rotatable bonds is 5. The Morgan fingerprint density at radius 1 is 1.27 bits per heavy atom. The van der Waals surface area contributed by atoms with Crippen molar-refractivity contribution in [3.05, 3.63) is 53.4 Å². The van der Waals surface area contributed by atoms with E-state index < -0.39 is 0 Å². The number of hydrogen-bond donors (Lipinski definition) is 1. The fourth-order valence-corrected chi connectivity index (χ4v) is 2.54. The molecule has 0 unspecified atom stereocenters. The molecule has 0 atom stereocenters. The highest BCUT2D eigenvalue weighted by Crippen LogP contribution is 2.20. The Balaban J connectivity index is 1.61. The third-order valence-corrected chi connectivity index (χ3v) is 3.80. The minimum Gasteiger partial charge on any atom is -0.351 e. The first-order valence-electron chi connectivity index (χ1n) is 6.88. The molecule has 3 aromatic heterocycles. The summed E-state index contributed by atoms with van der Waals surface area (Å²) < 4.78 is 2.75. The lowest BCUT2D eigenvalue weighted by Gasteiger charge is -2.06. The highest BCUT2D eigenvalue weighted by atomic mass is 79.9. The number of nitrogens with one attached hydrogen (secondary N) is 1. The average molecular weight is 360 g/mol. The molecule has 0 radical (unpaired) electrons. The number of pyridine rings is 2. The van der Waals surface area contributed by atoms with Gasteiger partial charge in [-0.15, -0.1) is 0 Å². The summed E-state index contributed by atoms with van der Waals surface area (Å²) in [4.78, 5) is 24.6. The van der Waals surface area contributed by atoms with Gasteiger partial charge in [-0.2, -0.15) is 0 Å². The maximum Gasteiger partial charge on any atom is 0.269 e. The van der Waals surface area contributed by atoms with Crippen molar-refractivity contribution in [2.45, 2.75) is 13.0 Å². The van der Waals surface area contributed by atoms with E-state index in [1.807, 2.05) is 16.8 Å². The monoisotopic (exact) mass is 359 g/mol. The maximum atomic E-state index is 12.1. The van der Waals surface area contributed by atoms with Crippen LogP contribution in [0.5, 0.6) is 0 Å². The van der Waals surface area contributed by atoms with E-state index in [4.69, 9.17) is 0 Å². The second kappa shape index (κ2) is 6.65. The van der Waals surface area contributed by atoms with Gasteiger partial charge in [-0.1, -0.05) is 0 Å². The molecule has 0 saturated carbocycles. The number of aryl methyl sites for hydroxylation is 1. The second-order valence-corrected chi connectivity index (χ2v) is 5.65. The summed E-state index contributed by atoms with van der Waals surface area (Å²) in [7, 11) is 0. The lowest BCUT2D eigenvalue weighted by atomic mass is 10.2. The van der Waals surface area contributed by atoms with Gasteiger partial charge in [0.25, 0.3) is 5.91 Å². The van der Waals surface area contributed by atoms with E-state index in [0.29, 0.717) is 12.2 Å². The maximum absolute atomic E-state index is 12.1. The highest BCUT2D eigenvalue weighted by molar-refractivity contribution is 9.10. The van der Waals surface area contributed by atoms with E-state index in [2.05, 4.69) is 36.2 Å². The Morgan fingerprint density at radius 2 is 2.18 bits per heavy atom. The molecule has 0 saturated heterocycles. The van der Waals surface area contributed by atoms with Gasteiger partial charge in [0.2, 0.25) is 0 Å². The zero-order valence-corrected chi connectivity index (χ0v) is 13.3. The lowest BCUT2D eigenvalue weighted by molar-refractivity contribution is 0.0948. The molecule has 3 rings (SSSR count). The predicted molar refractivity (Wildman–Crippen MR) is 86.4 cm³/mol. The molecule has 6 nitrogen and oxygen atoms in total. The minimum absolute atomic E-state index is 0.170. The topological polar surface area (TPSA) is 72.7 Å². The molecule has 0 aliphatic heterocycles. The van der Waals surface area contributed by atoms with Crippen molar-refractivity contribution in [3.8, 4) is 0 Å². The summed E-state index contributed by atoms with van der Waals surface area (Å²) in [5.41, 5.74) is 1.14. The van der Waals surface area contributed by atoms with Gasteiger partial charge < -0.3 is 9.88 Å². The molecule has 0 fully saturated rings. The normalized spacial score (nSPS) is 10.8. The Kier molecular flexibility index (Phi) is 4.43. The number of carbonyl (C=O) groups is 1. The molecule has 0 bridgehead atoms. The largest absolute Gasteiger partial charge is 0.351 e. The van der Waals surface area contributed by atoms with Gasteiger partial charge in [-0.25, -0.2) is 9.97 Å². The molecular weight excluding hydrogens is 346 g/mol. The number of imidazole rings is 1. The zero-order valence-electron chi connectivity index (χ0n) is 11.7. The second-order valence-electron chi connectivity index (χ2n) is 4.80. The van der Waals surface area contributed by atoms with Crippen molar-refractivity contribution >= 4 is 32.7 Å². The summed E-state index contributed by atoms with van der Waals surface area (Å²) in [5, 5.41) is 3.77. The zero-order chi connectivity index (χ0) is 15.4. The SMILES string of the molecule is O=C(NCCCn1ccnc1)c1ccc2cncc(Br)c2n1. The van der Waals surface area contributed by atoms with Gasteiger partial charge in [0, 0.05) is 43.3 Å². The molecule has 22 heavy (non-hydrogen) atoms. The van der Waals surface area contributed by atoms with E-state index in [-0.39, 0.29) is 5.91 Å². The summed E-state index contributed by atoms with van der Waals surface area (Å²) >= 11 is 3.40. The van der Waals surface area contributed by atoms with Crippen molar-refractivity contribution in [2.75, 3.05) is 6.54 Å². The van der Waals surface area contributed by atoms with E-state index in [1.165, 1.54) is 0 Å². The number of aromatic nitrogens is 4. The summed E-state index contributed by atoms with van der Waals surface area (Å²) in [6.07, 6.45) is 9.63. The van der Waals surface area contributed by atoms with Crippen LogP contribution in [0.3, 0.4) is 0 Å². The molecule has 1 N–H and O–H groups in total. The Morgan fingerprint density at radius 3 is 3.00 bits per heavy atom. The van der Waals surface area contributed by atoms with E-state index in [1.54, 1.807) is 31.0 Å². The Hall–Kier alpha value is -2.28. The fraction of sp³-hybridized carbons (Fsp3) is 0.200. The van der Waals surface area contributed by atoms with E-state index in [0.717, 1.165) is 28.3 Å². The van der Waals surface area contributed by atoms with Crippen molar-refractivity contribution < 1.29 is 4.79 Å². The Bertz CT molecular complexity index is 788. The summed E-state index contributed by atoms with van der Waals surface area (Å²) in [5.74, 6) is -0.170. The van der Waals surface area contributed by atoms with E-state index in [9.17, 15) is 4.79 Å². The number of amides is 1. The van der Waals surface area contributed by atoms with Gasteiger partial charge in [0.05, 0.1) is 16.3 Å². The highest BCUT2D eigenvalue weighted by Gasteiger charge is 2.09. The predicted octanol–water partition coefficient (Wildman–Crippen LogP) is 2.41. The first-order chi connectivity index (χ1) is 10.7. The number of carbonyl (C=O) groups excluding carboxylic acids is 1. The molecule has 112 valence electrons. The molecular formula is C15H14BrN5O. The van der Waals surface area contributed by atoms with Gasteiger partial charge in [-0.3, -0.25) is 9.78 Å². The lowest BCUT2D eigenvalue weighted by Crippen LogP contribution is -2.26. The van der Waals surface area contributed by atoms with Crippen LogP contribution in [0.2, 0.25) is 0 Å². The number of hydrogen-bond acceptors (Lipinski definition) is 4. The molecule has 0 aliphatic carbocycles. The Labute approximate surface area is 135 Å². The molecule has 3 aromatic rings. The number of halogens is 1. The van der Waals surface area contributed by atoms with Crippen molar-refractivity contribution in [1.29, 1.82) is 0 Å². The molecule has 0 aromatic carbocycles. The smallest absolute Gasteiger partial charge is 0.269 e. The number of nitrogens with zero attached hydrogens (tertiary/aromatic N) is 4. The van der Waals surface area contributed by atoms with Crippen LogP contribution in [-0.2, 0) is 6.54 Å². The van der Waals surface area contributed by atoms with Crippen LogP contribution in [0.4, 0.5) is 0 Å². The van der Waals surface area contributed by atoms with Gasteiger partial charge in [0.1, 0.15) is 5.69 Å². The first-order valence-corrected chi connectivity index (χ1v) is 7.67. The molecule has 3 heterocycles. The molecule has 1 amide bonds. The summed E-state index contributed by atoms with van der Waals surface area (Å²) in [6, 6.07) is 3.56. The molecule has 0 aliphatic rings. The van der Waals surface area contributed by atoms with Crippen molar-refractivity contribution in [1.82, 2.24) is 24.8 Å². The van der Waals surface area contributed by atoms with Crippen LogP contribution < -0.4 is 5.32 Å². The van der Waals surface area contributed by atoms with Gasteiger partial charge in [0.15, 0.2) is 0 Å². The standard InChI is InChI=1S/C15H14BrN5O/c16-12-9-18-8-11-2-3-13(20-14(11)12)15(22)19-4-1-6-21-7-5-17-10-21/h2-3,5,7-10H,1,4,6H2,(H,19,22). The third kappa shape index (κ3) is 3.30. The van der Waals surface area contributed by atoms with E-state index >= 15 is 0 Å².